The number of hydrogen-bond donors (Lipinski definition) is 1. The van der Waals surface area contributed by atoms with Gasteiger partial charge in [-0.3, -0.25) is 0 Å². The fraction of sp³-hybridized carbons (Fsp3) is 0.600. The Morgan fingerprint density at radius 3 is 1.31 bits per heavy atom. The van der Waals surface area contributed by atoms with Crippen LogP contribution in [-0.2, 0) is 0 Å². The standard InChI is InChI=1S/C30H46OS/c1-2-3-4-5-6-7-8-9-10-11-12-13-14-15-16-17-26-31-29-22-18-27(19-23-29)28-20-24-30(32)25-21-28/h18-25,32H,2-17,26H2,1H3. The lowest BCUT2D eigenvalue weighted by atomic mass is 10.0. The second-order valence-electron chi connectivity index (χ2n) is 9.22. The summed E-state index contributed by atoms with van der Waals surface area (Å²) in [4.78, 5) is 0.993. The van der Waals surface area contributed by atoms with Crippen LogP contribution in [0, 0.1) is 0 Å². The molecule has 178 valence electrons. The Kier molecular flexibility index (Phi) is 15.2. The van der Waals surface area contributed by atoms with E-state index in [0.29, 0.717) is 0 Å². The van der Waals surface area contributed by atoms with Gasteiger partial charge in [-0.2, -0.15) is 0 Å². The molecule has 0 unspecified atom stereocenters. The van der Waals surface area contributed by atoms with Crippen LogP contribution in [0.3, 0.4) is 0 Å². The third-order valence-corrected chi connectivity index (χ3v) is 6.62. The van der Waals surface area contributed by atoms with E-state index in [1.54, 1.807) is 0 Å². The lowest BCUT2D eigenvalue weighted by Crippen LogP contribution is -1.97. The second kappa shape index (κ2) is 18.1. The summed E-state index contributed by atoms with van der Waals surface area (Å²) in [6.07, 6.45) is 22.4. The van der Waals surface area contributed by atoms with E-state index < -0.39 is 0 Å². The Morgan fingerprint density at radius 2 is 0.875 bits per heavy atom. The highest BCUT2D eigenvalue weighted by molar-refractivity contribution is 7.80. The molecule has 2 aromatic carbocycles. The maximum Gasteiger partial charge on any atom is 0.119 e. The molecule has 0 aromatic heterocycles. The van der Waals surface area contributed by atoms with E-state index in [1.807, 2.05) is 12.1 Å². The first-order chi connectivity index (χ1) is 15.8. The summed E-state index contributed by atoms with van der Waals surface area (Å²) in [7, 11) is 0. The van der Waals surface area contributed by atoms with Crippen molar-refractivity contribution in [3.8, 4) is 16.9 Å². The number of thiol groups is 1. The highest BCUT2D eigenvalue weighted by Crippen LogP contribution is 2.23. The van der Waals surface area contributed by atoms with Crippen molar-refractivity contribution in [3.63, 3.8) is 0 Å². The predicted molar refractivity (Wildman–Crippen MR) is 144 cm³/mol. The summed E-state index contributed by atoms with van der Waals surface area (Å²) in [6, 6.07) is 16.7. The van der Waals surface area contributed by atoms with Crippen LogP contribution < -0.4 is 4.74 Å². The Morgan fingerprint density at radius 1 is 0.500 bits per heavy atom. The minimum absolute atomic E-state index is 0.826. The van der Waals surface area contributed by atoms with Crippen LogP contribution in [0.5, 0.6) is 5.75 Å². The molecule has 0 radical (unpaired) electrons. The molecule has 32 heavy (non-hydrogen) atoms. The second-order valence-corrected chi connectivity index (χ2v) is 9.74. The van der Waals surface area contributed by atoms with E-state index in [-0.39, 0.29) is 0 Å². The molecule has 0 atom stereocenters. The fourth-order valence-corrected chi connectivity index (χ4v) is 4.39. The van der Waals surface area contributed by atoms with Gasteiger partial charge in [0.1, 0.15) is 5.75 Å². The van der Waals surface area contributed by atoms with Crippen molar-refractivity contribution in [1.82, 2.24) is 0 Å². The zero-order valence-electron chi connectivity index (χ0n) is 20.5. The maximum atomic E-state index is 5.92. The molecule has 2 aromatic rings. The first-order valence-electron chi connectivity index (χ1n) is 13.3. The van der Waals surface area contributed by atoms with E-state index in [1.165, 1.54) is 107 Å². The lowest BCUT2D eigenvalue weighted by molar-refractivity contribution is 0.304. The Bertz CT molecular complexity index is 677. The molecule has 0 amide bonds. The van der Waals surface area contributed by atoms with Crippen molar-refractivity contribution in [3.05, 3.63) is 48.5 Å². The monoisotopic (exact) mass is 454 g/mol. The SMILES string of the molecule is CCCCCCCCCCCCCCCCCCOc1ccc(-c2ccc(S)cc2)cc1. The number of rotatable bonds is 19. The van der Waals surface area contributed by atoms with Crippen LogP contribution in [0.2, 0.25) is 0 Å². The topological polar surface area (TPSA) is 9.23 Å². The molecule has 0 aliphatic carbocycles. The van der Waals surface area contributed by atoms with Crippen LogP contribution in [0.4, 0.5) is 0 Å². The molecule has 0 heterocycles. The Balaban J connectivity index is 1.37. The molecule has 0 aliphatic heterocycles. The van der Waals surface area contributed by atoms with Gasteiger partial charge < -0.3 is 4.74 Å². The summed E-state index contributed by atoms with van der Waals surface area (Å²) in [5, 5.41) is 0. The molecule has 0 fully saturated rings. The van der Waals surface area contributed by atoms with Crippen molar-refractivity contribution in [2.45, 2.75) is 115 Å². The molecule has 0 spiro atoms. The summed E-state index contributed by atoms with van der Waals surface area (Å²) in [5.41, 5.74) is 2.43. The van der Waals surface area contributed by atoms with E-state index in [0.717, 1.165) is 23.7 Å². The third-order valence-electron chi connectivity index (χ3n) is 6.32. The van der Waals surface area contributed by atoms with Crippen LogP contribution in [0.15, 0.2) is 53.4 Å². The van der Waals surface area contributed by atoms with Gasteiger partial charge in [0.2, 0.25) is 0 Å². The molecule has 0 aliphatic rings. The van der Waals surface area contributed by atoms with Crippen LogP contribution in [0.1, 0.15) is 110 Å². The van der Waals surface area contributed by atoms with Gasteiger partial charge >= 0.3 is 0 Å². The van der Waals surface area contributed by atoms with Crippen LogP contribution >= 0.6 is 12.6 Å². The molecule has 0 saturated heterocycles. The minimum Gasteiger partial charge on any atom is -0.494 e. The van der Waals surface area contributed by atoms with Crippen molar-refractivity contribution >= 4 is 12.6 Å². The van der Waals surface area contributed by atoms with Gasteiger partial charge in [0.25, 0.3) is 0 Å². The number of hydrogen-bond acceptors (Lipinski definition) is 2. The Hall–Kier alpha value is -1.41. The van der Waals surface area contributed by atoms with Crippen LogP contribution in [-0.4, -0.2) is 6.61 Å². The highest BCUT2D eigenvalue weighted by atomic mass is 32.1. The average molecular weight is 455 g/mol. The smallest absolute Gasteiger partial charge is 0.119 e. The Labute approximate surface area is 203 Å². The van der Waals surface area contributed by atoms with E-state index >= 15 is 0 Å². The minimum atomic E-state index is 0.826. The zero-order valence-corrected chi connectivity index (χ0v) is 21.4. The average Bonchev–Trinajstić information content (AvgIpc) is 2.82. The summed E-state index contributed by atoms with van der Waals surface area (Å²) in [5.74, 6) is 0.973. The van der Waals surface area contributed by atoms with Gasteiger partial charge in [-0.1, -0.05) is 128 Å². The third kappa shape index (κ3) is 12.6. The van der Waals surface area contributed by atoms with Crippen molar-refractivity contribution in [1.29, 1.82) is 0 Å². The first kappa shape index (κ1) is 26.8. The summed E-state index contributed by atoms with van der Waals surface area (Å²) < 4.78 is 5.92. The van der Waals surface area contributed by atoms with Crippen molar-refractivity contribution in [2.75, 3.05) is 6.61 Å². The molecular weight excluding hydrogens is 408 g/mol. The van der Waals surface area contributed by atoms with Crippen molar-refractivity contribution in [2.24, 2.45) is 0 Å². The van der Waals surface area contributed by atoms with Gasteiger partial charge in [-0.15, -0.1) is 12.6 Å². The summed E-state index contributed by atoms with van der Waals surface area (Å²) in [6.45, 7) is 3.12. The fourth-order valence-electron chi connectivity index (χ4n) is 4.24. The molecule has 0 N–H and O–H groups in total. The zero-order chi connectivity index (χ0) is 22.7. The quantitative estimate of drug-likeness (QED) is 0.164. The van der Waals surface area contributed by atoms with E-state index in [4.69, 9.17) is 4.74 Å². The number of ether oxygens (including phenoxy) is 1. The van der Waals surface area contributed by atoms with E-state index in [9.17, 15) is 0 Å². The largest absolute Gasteiger partial charge is 0.494 e. The normalized spacial score (nSPS) is 11.1. The predicted octanol–water partition coefficient (Wildman–Crippen LogP) is 10.3. The molecule has 0 saturated carbocycles. The van der Waals surface area contributed by atoms with E-state index in [2.05, 4.69) is 56.0 Å². The first-order valence-corrected chi connectivity index (χ1v) is 13.8. The molecular formula is C30H46OS. The molecule has 2 heteroatoms. The van der Waals surface area contributed by atoms with Gasteiger partial charge in [-0.25, -0.2) is 0 Å². The highest BCUT2D eigenvalue weighted by Gasteiger charge is 2.00. The van der Waals surface area contributed by atoms with Gasteiger partial charge in [0, 0.05) is 4.90 Å². The molecule has 1 nitrogen and oxygen atoms in total. The van der Waals surface area contributed by atoms with Crippen LogP contribution in [0.25, 0.3) is 11.1 Å². The number of unbranched alkanes of at least 4 members (excludes halogenated alkanes) is 15. The summed E-state index contributed by atoms with van der Waals surface area (Å²) >= 11 is 4.35. The molecule has 2 rings (SSSR count). The molecule has 0 bridgehead atoms. The maximum absolute atomic E-state index is 5.92. The lowest BCUT2D eigenvalue weighted by Gasteiger charge is -2.08. The van der Waals surface area contributed by atoms with Gasteiger partial charge in [0.05, 0.1) is 6.61 Å². The van der Waals surface area contributed by atoms with Crippen molar-refractivity contribution < 1.29 is 4.74 Å². The number of benzene rings is 2. The van der Waals surface area contributed by atoms with Gasteiger partial charge in [0.15, 0.2) is 0 Å². The van der Waals surface area contributed by atoms with Gasteiger partial charge in [-0.05, 0) is 41.8 Å².